The Labute approximate surface area is 113 Å². The highest BCUT2D eigenvalue weighted by Crippen LogP contribution is 2.29. The molecule has 0 bridgehead atoms. The van der Waals surface area contributed by atoms with Crippen molar-refractivity contribution in [3.63, 3.8) is 0 Å². The van der Waals surface area contributed by atoms with Crippen molar-refractivity contribution in [3.8, 4) is 0 Å². The van der Waals surface area contributed by atoms with E-state index in [0.29, 0.717) is 5.02 Å². The highest BCUT2D eigenvalue weighted by molar-refractivity contribution is 6.35. The average molecular weight is 266 g/mol. The van der Waals surface area contributed by atoms with Crippen LogP contribution in [0, 0.1) is 6.92 Å². The van der Waals surface area contributed by atoms with Crippen molar-refractivity contribution in [3.05, 3.63) is 34.5 Å². The molecule has 2 rings (SSSR count). The van der Waals surface area contributed by atoms with Gasteiger partial charge in [0.2, 0.25) is 0 Å². The molecule has 0 saturated heterocycles. The van der Waals surface area contributed by atoms with Crippen LogP contribution in [-0.2, 0) is 6.42 Å². The second-order valence-electron chi connectivity index (χ2n) is 5.81. The van der Waals surface area contributed by atoms with Crippen molar-refractivity contribution in [1.82, 2.24) is 5.32 Å². The Bertz CT molecular complexity index is 551. The van der Waals surface area contributed by atoms with E-state index in [0.717, 1.165) is 23.9 Å². The van der Waals surface area contributed by atoms with E-state index in [2.05, 4.69) is 39.1 Å². The van der Waals surface area contributed by atoms with Gasteiger partial charge in [-0.25, -0.2) is 0 Å². The van der Waals surface area contributed by atoms with Gasteiger partial charge in [-0.05, 0) is 63.9 Å². The third-order valence-electron chi connectivity index (χ3n) is 2.90. The van der Waals surface area contributed by atoms with Gasteiger partial charge in [-0.1, -0.05) is 11.6 Å². The molecule has 0 atom stereocenters. The topological polar surface area (TPSA) is 25.2 Å². The zero-order chi connectivity index (χ0) is 13.3. The van der Waals surface area contributed by atoms with E-state index in [4.69, 9.17) is 16.0 Å². The molecule has 0 unspecified atom stereocenters. The predicted molar refractivity (Wildman–Crippen MR) is 77.4 cm³/mol. The van der Waals surface area contributed by atoms with Crippen molar-refractivity contribution in [2.24, 2.45) is 0 Å². The molecule has 0 aliphatic heterocycles. The minimum absolute atomic E-state index is 0.146. The summed E-state index contributed by atoms with van der Waals surface area (Å²) in [6.07, 6.45) is 2.77. The third-order valence-corrected chi connectivity index (χ3v) is 3.18. The maximum Gasteiger partial charge on any atom is 0.152 e. The number of rotatable bonds is 3. The van der Waals surface area contributed by atoms with Gasteiger partial charge in [0.1, 0.15) is 0 Å². The summed E-state index contributed by atoms with van der Waals surface area (Å²) in [6, 6.07) is 4.07. The van der Waals surface area contributed by atoms with E-state index in [-0.39, 0.29) is 5.54 Å². The van der Waals surface area contributed by atoms with Crippen molar-refractivity contribution >= 4 is 22.6 Å². The van der Waals surface area contributed by atoms with Crippen LogP contribution in [0.4, 0.5) is 0 Å². The second-order valence-corrected chi connectivity index (χ2v) is 6.22. The van der Waals surface area contributed by atoms with Gasteiger partial charge in [0, 0.05) is 10.9 Å². The fourth-order valence-electron chi connectivity index (χ4n) is 2.05. The van der Waals surface area contributed by atoms with Crippen molar-refractivity contribution < 1.29 is 4.42 Å². The fraction of sp³-hybridized carbons (Fsp3) is 0.467. The van der Waals surface area contributed by atoms with E-state index in [9.17, 15) is 0 Å². The average Bonchev–Trinajstić information content (AvgIpc) is 2.60. The molecule has 1 aromatic heterocycles. The molecule has 0 saturated carbocycles. The quantitative estimate of drug-likeness (QED) is 0.894. The standard InChI is InChI=1S/C15H20ClNO/c1-10-7-12-11(5-6-17-15(2,3)4)9-18-14(12)13(16)8-10/h7-9,17H,5-6H2,1-4H3. The molecule has 0 aliphatic carbocycles. The van der Waals surface area contributed by atoms with Crippen LogP contribution >= 0.6 is 11.6 Å². The lowest BCUT2D eigenvalue weighted by molar-refractivity contribution is 0.429. The summed E-state index contributed by atoms with van der Waals surface area (Å²) >= 11 is 6.17. The lowest BCUT2D eigenvalue weighted by Crippen LogP contribution is -2.37. The van der Waals surface area contributed by atoms with Crippen LogP contribution in [0.3, 0.4) is 0 Å². The number of halogens is 1. The number of nitrogens with one attached hydrogen (secondary N) is 1. The van der Waals surface area contributed by atoms with Crippen LogP contribution in [0.25, 0.3) is 11.0 Å². The normalized spacial score (nSPS) is 12.3. The SMILES string of the molecule is Cc1cc(Cl)c2occ(CCNC(C)(C)C)c2c1. The Kier molecular flexibility index (Phi) is 3.69. The van der Waals surface area contributed by atoms with Gasteiger partial charge >= 0.3 is 0 Å². The van der Waals surface area contributed by atoms with Crippen LogP contribution in [0.15, 0.2) is 22.8 Å². The number of aryl methyl sites for hydroxylation is 1. The third kappa shape index (κ3) is 3.06. The van der Waals surface area contributed by atoms with Gasteiger partial charge in [-0.3, -0.25) is 0 Å². The predicted octanol–water partition coefficient (Wildman–Crippen LogP) is 4.33. The molecule has 0 amide bonds. The summed E-state index contributed by atoms with van der Waals surface area (Å²) in [7, 11) is 0. The van der Waals surface area contributed by atoms with E-state index in [1.165, 1.54) is 11.1 Å². The Morgan fingerprint density at radius 1 is 1.28 bits per heavy atom. The smallest absolute Gasteiger partial charge is 0.152 e. The molecule has 98 valence electrons. The summed E-state index contributed by atoms with van der Waals surface area (Å²) < 4.78 is 5.56. The molecule has 0 radical (unpaired) electrons. The van der Waals surface area contributed by atoms with Crippen molar-refractivity contribution in [2.75, 3.05) is 6.54 Å². The van der Waals surface area contributed by atoms with Gasteiger partial charge in [0.05, 0.1) is 11.3 Å². The largest absolute Gasteiger partial charge is 0.462 e. The fourth-order valence-corrected chi connectivity index (χ4v) is 2.37. The van der Waals surface area contributed by atoms with Gasteiger partial charge < -0.3 is 9.73 Å². The lowest BCUT2D eigenvalue weighted by atomic mass is 10.1. The van der Waals surface area contributed by atoms with E-state index >= 15 is 0 Å². The summed E-state index contributed by atoms with van der Waals surface area (Å²) in [5.74, 6) is 0. The van der Waals surface area contributed by atoms with Gasteiger partial charge in [-0.2, -0.15) is 0 Å². The number of furan rings is 1. The minimum atomic E-state index is 0.146. The van der Waals surface area contributed by atoms with Gasteiger partial charge in [0.15, 0.2) is 5.58 Å². The maximum absolute atomic E-state index is 6.17. The van der Waals surface area contributed by atoms with E-state index in [1.54, 1.807) is 0 Å². The van der Waals surface area contributed by atoms with Crippen LogP contribution < -0.4 is 5.32 Å². The minimum Gasteiger partial charge on any atom is -0.462 e. The molecule has 0 aliphatic rings. The molecular weight excluding hydrogens is 246 g/mol. The molecule has 1 heterocycles. The van der Waals surface area contributed by atoms with Gasteiger partial charge in [-0.15, -0.1) is 0 Å². The molecule has 18 heavy (non-hydrogen) atoms. The van der Waals surface area contributed by atoms with Crippen molar-refractivity contribution in [2.45, 2.75) is 39.7 Å². The van der Waals surface area contributed by atoms with E-state index < -0.39 is 0 Å². The first kappa shape index (κ1) is 13.4. The summed E-state index contributed by atoms with van der Waals surface area (Å²) in [6.45, 7) is 9.49. The molecule has 3 heteroatoms. The Hall–Kier alpha value is -0.990. The summed E-state index contributed by atoms with van der Waals surface area (Å²) in [5, 5.41) is 5.31. The first-order valence-corrected chi connectivity index (χ1v) is 6.66. The first-order valence-electron chi connectivity index (χ1n) is 6.28. The Morgan fingerprint density at radius 2 is 2.00 bits per heavy atom. The highest BCUT2D eigenvalue weighted by atomic mass is 35.5. The molecule has 2 nitrogen and oxygen atoms in total. The zero-order valence-electron chi connectivity index (χ0n) is 11.4. The molecule has 1 aromatic carbocycles. The molecule has 0 fully saturated rings. The van der Waals surface area contributed by atoms with Gasteiger partial charge in [0.25, 0.3) is 0 Å². The second kappa shape index (κ2) is 4.94. The zero-order valence-corrected chi connectivity index (χ0v) is 12.2. The van der Waals surface area contributed by atoms with E-state index in [1.807, 2.05) is 12.3 Å². The number of hydrogen-bond donors (Lipinski definition) is 1. The van der Waals surface area contributed by atoms with Crippen LogP contribution in [0.5, 0.6) is 0 Å². The first-order chi connectivity index (χ1) is 8.37. The maximum atomic E-state index is 6.17. The Balaban J connectivity index is 2.19. The number of benzene rings is 1. The molecule has 0 spiro atoms. The Morgan fingerprint density at radius 3 is 2.67 bits per heavy atom. The molecule has 1 N–H and O–H groups in total. The number of fused-ring (bicyclic) bond motifs is 1. The summed E-state index contributed by atoms with van der Waals surface area (Å²) in [4.78, 5) is 0. The number of hydrogen-bond acceptors (Lipinski definition) is 2. The van der Waals surface area contributed by atoms with Crippen LogP contribution in [-0.4, -0.2) is 12.1 Å². The molecule has 2 aromatic rings. The molecular formula is C15H20ClNO. The van der Waals surface area contributed by atoms with Crippen LogP contribution in [0.1, 0.15) is 31.9 Å². The highest BCUT2D eigenvalue weighted by Gasteiger charge is 2.12. The monoisotopic (exact) mass is 265 g/mol. The lowest BCUT2D eigenvalue weighted by Gasteiger charge is -2.20. The van der Waals surface area contributed by atoms with Crippen LogP contribution in [0.2, 0.25) is 5.02 Å². The summed E-state index contributed by atoms with van der Waals surface area (Å²) in [5.41, 5.74) is 3.33. The van der Waals surface area contributed by atoms with Crippen molar-refractivity contribution in [1.29, 1.82) is 0 Å².